The monoisotopic (exact) mass is 288 g/mol. The average molecular weight is 288 g/mol. The summed E-state index contributed by atoms with van der Waals surface area (Å²) in [6.07, 6.45) is 0. The molecular weight excluding hydrogens is 268 g/mol. The summed E-state index contributed by atoms with van der Waals surface area (Å²) in [6.45, 7) is 6.22. The van der Waals surface area contributed by atoms with Crippen LogP contribution in [0.1, 0.15) is 28.7 Å². The van der Waals surface area contributed by atoms with Gasteiger partial charge in [-0.25, -0.2) is 0 Å². The Morgan fingerprint density at radius 3 is 2.67 bits per heavy atom. The first-order chi connectivity index (χ1) is 9.93. The largest absolute Gasteiger partial charge is 0.494 e. The zero-order valence-electron chi connectivity index (χ0n) is 12.7. The summed E-state index contributed by atoms with van der Waals surface area (Å²) < 4.78 is 6.92. The average Bonchev–Trinajstić information content (AvgIpc) is 2.67. The number of aromatic nitrogens is 2. The van der Waals surface area contributed by atoms with Gasteiger partial charge in [0, 0.05) is 12.7 Å². The zero-order chi connectivity index (χ0) is 15.6. The van der Waals surface area contributed by atoms with Crippen molar-refractivity contribution in [3.63, 3.8) is 0 Å². The van der Waals surface area contributed by atoms with E-state index in [1.54, 1.807) is 14.0 Å². The van der Waals surface area contributed by atoms with Crippen molar-refractivity contribution in [1.29, 1.82) is 0 Å². The van der Waals surface area contributed by atoms with Crippen molar-refractivity contribution in [2.24, 2.45) is 7.05 Å². The van der Waals surface area contributed by atoms with Crippen LogP contribution in [-0.4, -0.2) is 22.3 Å². The topological polar surface area (TPSA) is 82.2 Å². The van der Waals surface area contributed by atoms with E-state index in [-0.39, 0.29) is 5.91 Å². The molecule has 1 heterocycles. The predicted octanol–water partition coefficient (Wildman–Crippen LogP) is 2.27. The van der Waals surface area contributed by atoms with E-state index in [4.69, 9.17) is 10.5 Å². The second kappa shape index (κ2) is 5.87. The molecule has 0 unspecified atom stereocenters. The van der Waals surface area contributed by atoms with Crippen molar-refractivity contribution in [3.8, 4) is 5.75 Å². The SMILES string of the molecule is CCOc1ccc(NC(=O)c2c(N)c(C)nn2C)c(C)c1. The van der Waals surface area contributed by atoms with Crippen molar-refractivity contribution in [3.05, 3.63) is 35.2 Å². The van der Waals surface area contributed by atoms with E-state index >= 15 is 0 Å². The molecule has 6 nitrogen and oxygen atoms in total. The van der Waals surface area contributed by atoms with Gasteiger partial charge in [-0.15, -0.1) is 0 Å². The molecular formula is C15H20N4O2. The van der Waals surface area contributed by atoms with Crippen molar-refractivity contribution in [2.75, 3.05) is 17.7 Å². The molecule has 0 aliphatic rings. The third kappa shape index (κ3) is 2.99. The number of ether oxygens (including phenoxy) is 1. The van der Waals surface area contributed by atoms with Gasteiger partial charge in [-0.1, -0.05) is 0 Å². The van der Waals surface area contributed by atoms with Crippen LogP contribution in [-0.2, 0) is 7.05 Å². The number of benzene rings is 1. The molecule has 0 atom stereocenters. The molecule has 0 fully saturated rings. The molecule has 0 aliphatic carbocycles. The van der Waals surface area contributed by atoms with Gasteiger partial charge in [0.1, 0.15) is 11.4 Å². The van der Waals surface area contributed by atoms with Gasteiger partial charge in [0.25, 0.3) is 5.91 Å². The number of hydrogen-bond acceptors (Lipinski definition) is 4. The lowest BCUT2D eigenvalue weighted by atomic mass is 10.2. The Hall–Kier alpha value is -2.50. The van der Waals surface area contributed by atoms with Crippen molar-refractivity contribution in [1.82, 2.24) is 9.78 Å². The Kier molecular flexibility index (Phi) is 4.16. The summed E-state index contributed by atoms with van der Waals surface area (Å²) >= 11 is 0. The molecule has 0 radical (unpaired) electrons. The van der Waals surface area contributed by atoms with Gasteiger partial charge in [-0.05, 0) is 44.5 Å². The number of carbonyl (C=O) groups excluding carboxylic acids is 1. The molecule has 1 aromatic carbocycles. The lowest BCUT2D eigenvalue weighted by Crippen LogP contribution is -2.18. The van der Waals surface area contributed by atoms with Crippen LogP contribution < -0.4 is 15.8 Å². The molecule has 0 spiro atoms. The third-order valence-electron chi connectivity index (χ3n) is 3.24. The fraction of sp³-hybridized carbons (Fsp3) is 0.333. The maximum atomic E-state index is 12.3. The van der Waals surface area contributed by atoms with Gasteiger partial charge in [-0.2, -0.15) is 5.10 Å². The number of aryl methyl sites for hydroxylation is 3. The zero-order valence-corrected chi connectivity index (χ0v) is 12.7. The minimum absolute atomic E-state index is 0.275. The van der Waals surface area contributed by atoms with Crippen LogP contribution >= 0.6 is 0 Å². The van der Waals surface area contributed by atoms with E-state index in [0.717, 1.165) is 17.0 Å². The normalized spacial score (nSPS) is 10.5. The summed E-state index contributed by atoms with van der Waals surface area (Å²) in [5.74, 6) is 0.506. The Labute approximate surface area is 123 Å². The Bertz CT molecular complexity index is 677. The summed E-state index contributed by atoms with van der Waals surface area (Å²) in [5, 5.41) is 7.00. The summed E-state index contributed by atoms with van der Waals surface area (Å²) in [6, 6.07) is 5.53. The first-order valence-corrected chi connectivity index (χ1v) is 6.78. The van der Waals surface area contributed by atoms with Gasteiger partial charge >= 0.3 is 0 Å². The van der Waals surface area contributed by atoms with Gasteiger partial charge in [-0.3, -0.25) is 9.48 Å². The molecule has 2 aromatic rings. The van der Waals surface area contributed by atoms with Gasteiger partial charge in [0.2, 0.25) is 0 Å². The molecule has 6 heteroatoms. The van der Waals surface area contributed by atoms with Crippen molar-refractivity contribution < 1.29 is 9.53 Å². The summed E-state index contributed by atoms with van der Waals surface area (Å²) in [4.78, 5) is 12.3. The molecule has 112 valence electrons. The van der Waals surface area contributed by atoms with Gasteiger partial charge in [0.15, 0.2) is 0 Å². The minimum atomic E-state index is -0.275. The van der Waals surface area contributed by atoms with E-state index in [1.807, 2.05) is 32.0 Å². The fourth-order valence-corrected chi connectivity index (χ4v) is 2.16. The van der Waals surface area contributed by atoms with Crippen LogP contribution in [0.5, 0.6) is 5.75 Å². The van der Waals surface area contributed by atoms with E-state index in [0.29, 0.717) is 23.7 Å². The molecule has 0 bridgehead atoms. The highest BCUT2D eigenvalue weighted by atomic mass is 16.5. The lowest BCUT2D eigenvalue weighted by molar-refractivity contribution is 0.101. The van der Waals surface area contributed by atoms with Crippen LogP contribution in [0.3, 0.4) is 0 Å². The van der Waals surface area contributed by atoms with Crippen LogP contribution in [0.25, 0.3) is 0 Å². The summed E-state index contributed by atoms with van der Waals surface area (Å²) in [7, 11) is 1.70. The molecule has 3 N–H and O–H groups in total. The Morgan fingerprint density at radius 1 is 1.43 bits per heavy atom. The van der Waals surface area contributed by atoms with E-state index in [9.17, 15) is 4.79 Å². The quantitative estimate of drug-likeness (QED) is 0.904. The van der Waals surface area contributed by atoms with Crippen molar-refractivity contribution in [2.45, 2.75) is 20.8 Å². The van der Waals surface area contributed by atoms with Crippen LogP contribution in [0, 0.1) is 13.8 Å². The highest BCUT2D eigenvalue weighted by Crippen LogP contribution is 2.23. The number of anilines is 2. The number of hydrogen-bond donors (Lipinski definition) is 2. The Balaban J connectivity index is 2.23. The first-order valence-electron chi connectivity index (χ1n) is 6.78. The predicted molar refractivity (Wildman–Crippen MR) is 82.7 cm³/mol. The number of nitrogen functional groups attached to an aromatic ring is 1. The molecule has 0 saturated carbocycles. The molecule has 1 amide bonds. The number of amides is 1. The number of carbonyl (C=O) groups is 1. The second-order valence-electron chi connectivity index (χ2n) is 4.84. The third-order valence-corrected chi connectivity index (χ3v) is 3.24. The number of rotatable bonds is 4. The molecule has 0 aliphatic heterocycles. The maximum Gasteiger partial charge on any atom is 0.276 e. The van der Waals surface area contributed by atoms with E-state index < -0.39 is 0 Å². The molecule has 0 saturated heterocycles. The minimum Gasteiger partial charge on any atom is -0.494 e. The van der Waals surface area contributed by atoms with Crippen LogP contribution in [0.15, 0.2) is 18.2 Å². The van der Waals surface area contributed by atoms with Gasteiger partial charge in [0.05, 0.1) is 18.0 Å². The van der Waals surface area contributed by atoms with Crippen LogP contribution in [0.2, 0.25) is 0 Å². The first kappa shape index (κ1) is 14.9. The van der Waals surface area contributed by atoms with Crippen LogP contribution in [0.4, 0.5) is 11.4 Å². The van der Waals surface area contributed by atoms with E-state index in [1.165, 1.54) is 4.68 Å². The van der Waals surface area contributed by atoms with Gasteiger partial charge < -0.3 is 15.8 Å². The van der Waals surface area contributed by atoms with E-state index in [2.05, 4.69) is 10.4 Å². The second-order valence-corrected chi connectivity index (χ2v) is 4.84. The standard InChI is InChI=1S/C15H20N4O2/c1-5-21-11-6-7-12(9(2)8-11)17-15(20)14-13(16)10(3)18-19(14)4/h6-8H,5,16H2,1-4H3,(H,17,20). The highest BCUT2D eigenvalue weighted by Gasteiger charge is 2.18. The highest BCUT2D eigenvalue weighted by molar-refractivity contribution is 6.07. The molecule has 21 heavy (non-hydrogen) atoms. The number of nitrogens with zero attached hydrogens (tertiary/aromatic N) is 2. The molecule has 2 rings (SSSR count). The number of nitrogens with one attached hydrogen (secondary N) is 1. The summed E-state index contributed by atoms with van der Waals surface area (Å²) in [5.41, 5.74) is 8.95. The number of nitrogens with two attached hydrogens (primary N) is 1. The van der Waals surface area contributed by atoms with Crippen molar-refractivity contribution >= 4 is 17.3 Å². The maximum absolute atomic E-state index is 12.3. The fourth-order valence-electron chi connectivity index (χ4n) is 2.16. The smallest absolute Gasteiger partial charge is 0.276 e. The lowest BCUT2D eigenvalue weighted by Gasteiger charge is -2.11. The Morgan fingerprint density at radius 2 is 2.14 bits per heavy atom. The molecule has 1 aromatic heterocycles.